The lowest BCUT2D eigenvalue weighted by molar-refractivity contribution is -0.118. The molecule has 124 valence electrons. The molecule has 1 unspecified atom stereocenters. The molecule has 24 heavy (non-hydrogen) atoms. The maximum absolute atomic E-state index is 12.8. The Morgan fingerprint density at radius 2 is 1.96 bits per heavy atom. The zero-order valence-electron chi connectivity index (χ0n) is 13.8. The van der Waals surface area contributed by atoms with Gasteiger partial charge in [0.2, 0.25) is 5.91 Å². The van der Waals surface area contributed by atoms with Crippen LogP contribution in [0.4, 0.5) is 5.13 Å². The van der Waals surface area contributed by atoms with Crippen LogP contribution in [0.3, 0.4) is 0 Å². The number of nitrogens with one attached hydrogen (secondary N) is 1. The second-order valence-corrected chi connectivity index (χ2v) is 6.85. The molecule has 0 bridgehead atoms. The van der Waals surface area contributed by atoms with Gasteiger partial charge in [0.15, 0.2) is 5.13 Å². The molecule has 0 saturated heterocycles. The number of benzene rings is 1. The first-order chi connectivity index (χ1) is 11.6. The van der Waals surface area contributed by atoms with E-state index < -0.39 is 0 Å². The monoisotopic (exact) mass is 341 g/mol. The third-order valence-electron chi connectivity index (χ3n) is 3.85. The highest BCUT2D eigenvalue weighted by Gasteiger charge is 2.25. The van der Waals surface area contributed by atoms with Crippen LogP contribution in [0, 0.1) is 5.92 Å². The predicted molar refractivity (Wildman–Crippen MR) is 96.6 cm³/mol. The number of para-hydroxylation sites is 1. The van der Waals surface area contributed by atoms with E-state index in [1.54, 1.807) is 19.5 Å². The van der Waals surface area contributed by atoms with Crippen molar-refractivity contribution in [3.8, 4) is 5.75 Å². The molecular weight excluding hydrogens is 322 g/mol. The Balaban J connectivity index is 1.88. The highest BCUT2D eigenvalue weighted by Crippen LogP contribution is 2.33. The van der Waals surface area contributed by atoms with Crippen molar-refractivity contribution in [3.63, 3.8) is 0 Å². The molecule has 1 amide bonds. The van der Waals surface area contributed by atoms with Crippen LogP contribution in [0.2, 0.25) is 0 Å². The van der Waals surface area contributed by atoms with Crippen LogP contribution < -0.4 is 10.1 Å². The minimum absolute atomic E-state index is 0.0609. The topological polar surface area (TPSA) is 64.1 Å². The third kappa shape index (κ3) is 3.23. The number of carbonyl (C=O) groups excluding carboxylic acids is 1. The van der Waals surface area contributed by atoms with Crippen LogP contribution in [0.15, 0.2) is 42.7 Å². The van der Waals surface area contributed by atoms with Gasteiger partial charge in [-0.3, -0.25) is 9.78 Å². The molecular formula is C18H19N3O2S. The molecule has 0 aliphatic heterocycles. The molecule has 0 radical (unpaired) electrons. The number of rotatable bonds is 5. The van der Waals surface area contributed by atoms with E-state index in [0.717, 1.165) is 15.8 Å². The van der Waals surface area contributed by atoms with Gasteiger partial charge in [-0.05, 0) is 35.7 Å². The number of hydrogen-bond acceptors (Lipinski definition) is 5. The summed E-state index contributed by atoms with van der Waals surface area (Å²) in [5.74, 6) is 0.561. The first kappa shape index (κ1) is 16.4. The molecule has 1 N–H and O–H groups in total. The van der Waals surface area contributed by atoms with Crippen molar-refractivity contribution in [1.82, 2.24) is 9.97 Å². The molecule has 1 aromatic carbocycles. The zero-order valence-corrected chi connectivity index (χ0v) is 14.6. The van der Waals surface area contributed by atoms with Crippen molar-refractivity contribution in [2.45, 2.75) is 19.8 Å². The lowest BCUT2D eigenvalue weighted by Gasteiger charge is -2.19. The van der Waals surface area contributed by atoms with Crippen molar-refractivity contribution >= 4 is 32.6 Å². The maximum Gasteiger partial charge on any atom is 0.233 e. The van der Waals surface area contributed by atoms with E-state index in [2.05, 4.69) is 15.3 Å². The number of pyridine rings is 1. The summed E-state index contributed by atoms with van der Waals surface area (Å²) in [7, 11) is 1.62. The van der Waals surface area contributed by atoms with Gasteiger partial charge in [0.1, 0.15) is 11.3 Å². The SMILES string of the molecule is COc1cccc2sc(NC(=O)C(c3ccncc3)C(C)C)nc12. The number of hydrogen-bond donors (Lipinski definition) is 1. The third-order valence-corrected chi connectivity index (χ3v) is 4.78. The molecule has 5 nitrogen and oxygen atoms in total. The number of thiazole rings is 1. The first-order valence-electron chi connectivity index (χ1n) is 7.74. The number of amides is 1. The molecule has 0 aliphatic carbocycles. The molecule has 2 aromatic heterocycles. The van der Waals surface area contributed by atoms with Crippen LogP contribution in [0.5, 0.6) is 5.75 Å². The van der Waals surface area contributed by atoms with Gasteiger partial charge in [0, 0.05) is 12.4 Å². The number of anilines is 1. The van der Waals surface area contributed by atoms with Gasteiger partial charge in [-0.1, -0.05) is 31.3 Å². The summed E-state index contributed by atoms with van der Waals surface area (Å²) in [5, 5.41) is 3.54. The fourth-order valence-corrected chi connectivity index (χ4v) is 3.62. The lowest BCUT2D eigenvalue weighted by atomic mass is 9.88. The minimum Gasteiger partial charge on any atom is -0.494 e. The van der Waals surface area contributed by atoms with Gasteiger partial charge >= 0.3 is 0 Å². The Morgan fingerprint density at radius 1 is 1.21 bits per heavy atom. The average molecular weight is 341 g/mol. The summed E-state index contributed by atoms with van der Waals surface area (Å²) in [6.45, 7) is 4.07. The van der Waals surface area contributed by atoms with E-state index in [-0.39, 0.29) is 17.7 Å². The maximum atomic E-state index is 12.8. The van der Waals surface area contributed by atoms with Crippen molar-refractivity contribution in [3.05, 3.63) is 48.3 Å². The first-order valence-corrected chi connectivity index (χ1v) is 8.56. The Kier molecular flexibility index (Phi) is 4.76. The molecule has 0 spiro atoms. The van der Waals surface area contributed by atoms with E-state index >= 15 is 0 Å². The van der Waals surface area contributed by atoms with Crippen LogP contribution in [0.1, 0.15) is 25.3 Å². The molecule has 2 heterocycles. The van der Waals surface area contributed by atoms with Crippen molar-refractivity contribution in [2.24, 2.45) is 5.92 Å². The molecule has 1 atom stereocenters. The van der Waals surface area contributed by atoms with E-state index in [4.69, 9.17) is 4.74 Å². The van der Waals surface area contributed by atoms with E-state index in [1.165, 1.54) is 11.3 Å². The van der Waals surface area contributed by atoms with Crippen LogP contribution in [0.25, 0.3) is 10.2 Å². The summed E-state index contributed by atoms with van der Waals surface area (Å²) in [5.41, 5.74) is 1.72. The Labute approximate surface area is 144 Å². The van der Waals surface area contributed by atoms with Gasteiger partial charge in [0.25, 0.3) is 0 Å². The summed E-state index contributed by atoms with van der Waals surface area (Å²) in [4.78, 5) is 21.3. The second-order valence-electron chi connectivity index (χ2n) is 5.82. The zero-order chi connectivity index (χ0) is 17.1. The molecule has 0 saturated carbocycles. The van der Waals surface area contributed by atoms with E-state index in [0.29, 0.717) is 10.9 Å². The van der Waals surface area contributed by atoms with E-state index in [1.807, 2.05) is 44.2 Å². The molecule has 3 rings (SSSR count). The Hall–Kier alpha value is -2.47. The summed E-state index contributed by atoms with van der Waals surface area (Å²) in [6, 6.07) is 9.51. The fraction of sp³-hybridized carbons (Fsp3) is 0.278. The van der Waals surface area contributed by atoms with Gasteiger partial charge in [-0.25, -0.2) is 4.98 Å². The number of nitrogens with zero attached hydrogens (tertiary/aromatic N) is 2. The number of ether oxygens (including phenoxy) is 1. The minimum atomic E-state index is -0.248. The Bertz CT molecular complexity index is 846. The molecule has 0 fully saturated rings. The number of aromatic nitrogens is 2. The fourth-order valence-electron chi connectivity index (χ4n) is 2.73. The highest BCUT2D eigenvalue weighted by molar-refractivity contribution is 7.22. The normalized spacial score (nSPS) is 12.3. The van der Waals surface area contributed by atoms with Crippen LogP contribution >= 0.6 is 11.3 Å². The van der Waals surface area contributed by atoms with E-state index in [9.17, 15) is 4.79 Å². The van der Waals surface area contributed by atoms with Gasteiger partial charge in [-0.15, -0.1) is 0 Å². The Morgan fingerprint density at radius 3 is 2.62 bits per heavy atom. The van der Waals surface area contributed by atoms with Crippen molar-refractivity contribution in [1.29, 1.82) is 0 Å². The standard InChI is InChI=1S/C18H19N3O2S/c1-11(2)15(12-7-9-19-10-8-12)17(22)21-18-20-16-13(23-3)5-4-6-14(16)24-18/h4-11,15H,1-3H3,(H,20,21,22). The molecule has 6 heteroatoms. The van der Waals surface area contributed by atoms with Gasteiger partial charge in [-0.2, -0.15) is 0 Å². The van der Waals surface area contributed by atoms with Gasteiger partial charge < -0.3 is 10.1 Å². The number of methoxy groups -OCH3 is 1. The lowest BCUT2D eigenvalue weighted by Crippen LogP contribution is -2.25. The number of fused-ring (bicyclic) bond motifs is 1. The highest BCUT2D eigenvalue weighted by atomic mass is 32.1. The number of carbonyl (C=O) groups is 1. The molecule has 0 aliphatic rings. The summed E-state index contributed by atoms with van der Waals surface area (Å²) in [6.07, 6.45) is 3.42. The quantitative estimate of drug-likeness (QED) is 0.759. The second kappa shape index (κ2) is 6.97. The van der Waals surface area contributed by atoms with Crippen molar-refractivity contribution in [2.75, 3.05) is 12.4 Å². The van der Waals surface area contributed by atoms with Crippen LogP contribution in [-0.4, -0.2) is 23.0 Å². The predicted octanol–water partition coefficient (Wildman–Crippen LogP) is 4.08. The smallest absolute Gasteiger partial charge is 0.233 e. The summed E-state index contributed by atoms with van der Waals surface area (Å²) < 4.78 is 6.31. The van der Waals surface area contributed by atoms with Crippen LogP contribution in [-0.2, 0) is 4.79 Å². The van der Waals surface area contributed by atoms with Gasteiger partial charge in [0.05, 0.1) is 17.7 Å². The largest absolute Gasteiger partial charge is 0.494 e. The van der Waals surface area contributed by atoms with Crippen molar-refractivity contribution < 1.29 is 9.53 Å². The summed E-state index contributed by atoms with van der Waals surface area (Å²) >= 11 is 1.44. The average Bonchev–Trinajstić information content (AvgIpc) is 2.97. The molecule has 3 aromatic rings.